The van der Waals surface area contributed by atoms with E-state index in [1.807, 2.05) is 0 Å². The van der Waals surface area contributed by atoms with Crippen LogP contribution in [-0.2, 0) is 13.3 Å². The Bertz CT molecular complexity index is 162. The van der Waals surface area contributed by atoms with Crippen LogP contribution in [0.5, 0.6) is 0 Å². The van der Waals surface area contributed by atoms with Gasteiger partial charge in [0.15, 0.2) is 0 Å². The molecule has 0 fully saturated rings. The number of nitrogens with one attached hydrogen (secondary N) is 1. The Balaban J connectivity index is 0. The molecule has 0 unspecified atom stereocenters. The molecule has 92 valence electrons. The van der Waals surface area contributed by atoms with Crippen molar-refractivity contribution in [1.82, 2.24) is 0 Å². The molecule has 0 spiro atoms. The van der Waals surface area contributed by atoms with Crippen molar-refractivity contribution in [2.24, 2.45) is 5.92 Å². The van der Waals surface area contributed by atoms with Crippen molar-refractivity contribution in [2.75, 3.05) is 21.3 Å². The van der Waals surface area contributed by atoms with Gasteiger partial charge < -0.3 is 23.7 Å². The topological polar surface area (TPSA) is 101 Å². The van der Waals surface area contributed by atoms with Crippen LogP contribution < -0.4 is 0 Å². The standard InChI is InChI=1S/C7H18O3Si.HN2O2/c1-7(2)6-11(8-3,9-4)10-5;1-2(3)4/h7H,6H2,1-5H3;(H-,1,3,4)/q;-1. The molecule has 0 rings (SSSR count). The average Bonchev–Trinajstić information content (AvgIpc) is 2.13. The first-order valence-corrected chi connectivity index (χ1v) is 6.27. The molecule has 0 amide bonds. The number of hydrogen-bond acceptors (Lipinski definition) is 6. The van der Waals surface area contributed by atoms with E-state index < -0.39 is 13.8 Å². The molecular weight excluding hydrogens is 220 g/mol. The summed E-state index contributed by atoms with van der Waals surface area (Å²) >= 11 is 0. The van der Waals surface area contributed by atoms with Gasteiger partial charge in [-0.1, -0.05) is 18.9 Å². The molecule has 0 radical (unpaired) electrons. The van der Waals surface area contributed by atoms with E-state index >= 15 is 0 Å². The van der Waals surface area contributed by atoms with E-state index in [1.165, 1.54) is 0 Å². The van der Waals surface area contributed by atoms with Crippen LogP contribution in [0.1, 0.15) is 13.8 Å². The van der Waals surface area contributed by atoms with Crippen LogP contribution in [-0.4, -0.2) is 35.2 Å². The molecule has 0 saturated carbocycles. The van der Waals surface area contributed by atoms with Crippen LogP contribution in [0.2, 0.25) is 6.04 Å². The molecule has 0 heterocycles. The third-order valence-electron chi connectivity index (χ3n) is 1.59. The highest BCUT2D eigenvalue weighted by atomic mass is 28.4. The lowest BCUT2D eigenvalue weighted by atomic mass is 10.3. The van der Waals surface area contributed by atoms with Gasteiger partial charge in [0.2, 0.25) is 0 Å². The lowest BCUT2D eigenvalue weighted by Gasteiger charge is -2.25. The minimum absolute atomic E-state index is 0.543. The van der Waals surface area contributed by atoms with E-state index in [0.29, 0.717) is 5.92 Å². The maximum absolute atomic E-state index is 8.47. The van der Waals surface area contributed by atoms with E-state index in [-0.39, 0.29) is 0 Å². The molecule has 0 aliphatic heterocycles. The second-order valence-corrected chi connectivity index (χ2v) is 6.15. The van der Waals surface area contributed by atoms with Gasteiger partial charge in [-0.15, -0.1) is 0 Å². The highest BCUT2D eigenvalue weighted by Crippen LogP contribution is 2.18. The summed E-state index contributed by atoms with van der Waals surface area (Å²) in [4.78, 5) is 0. The molecule has 0 aromatic rings. The summed E-state index contributed by atoms with van der Waals surface area (Å²) in [7, 11) is 2.64. The van der Waals surface area contributed by atoms with E-state index in [4.69, 9.17) is 29.2 Å². The summed E-state index contributed by atoms with van der Waals surface area (Å²) in [5.74, 6) is 0.543. The Labute approximate surface area is 91.0 Å². The fourth-order valence-electron chi connectivity index (χ4n) is 1.00. The molecule has 0 atom stereocenters. The summed E-state index contributed by atoms with van der Waals surface area (Å²) in [5.41, 5.74) is 5.31. The van der Waals surface area contributed by atoms with Crippen LogP contribution in [0.25, 0.3) is 0 Å². The Kier molecular flexibility index (Phi) is 9.58. The number of hydrogen-bond donors (Lipinski definition) is 1. The van der Waals surface area contributed by atoms with Gasteiger partial charge in [0.05, 0.1) is 0 Å². The zero-order valence-corrected chi connectivity index (χ0v) is 10.8. The first kappa shape index (κ1) is 16.7. The zero-order valence-electron chi connectivity index (χ0n) is 9.77. The molecule has 7 nitrogen and oxygen atoms in total. The molecule has 0 aliphatic carbocycles. The van der Waals surface area contributed by atoms with Crippen molar-refractivity contribution in [3.8, 4) is 0 Å². The third kappa shape index (κ3) is 9.60. The average molecular weight is 239 g/mol. The fourth-order valence-corrected chi connectivity index (χ4v) is 3.00. The molecular formula is C7H19N2O5Si-. The lowest BCUT2D eigenvalue weighted by Crippen LogP contribution is -2.43. The third-order valence-corrected chi connectivity index (χ3v) is 4.77. The van der Waals surface area contributed by atoms with Gasteiger partial charge in [-0.05, 0) is 11.4 Å². The molecule has 0 bridgehead atoms. The van der Waals surface area contributed by atoms with Gasteiger partial charge in [-0.2, -0.15) is 0 Å². The minimum Gasteiger partial charge on any atom is -0.588 e. The molecule has 15 heavy (non-hydrogen) atoms. The van der Waals surface area contributed by atoms with Crippen LogP contribution in [0.15, 0.2) is 0 Å². The van der Waals surface area contributed by atoms with E-state index in [9.17, 15) is 0 Å². The monoisotopic (exact) mass is 239 g/mol. The summed E-state index contributed by atoms with van der Waals surface area (Å²) < 4.78 is 15.7. The van der Waals surface area contributed by atoms with E-state index in [2.05, 4.69) is 13.8 Å². The quantitative estimate of drug-likeness (QED) is 0.445. The predicted molar refractivity (Wildman–Crippen MR) is 56.1 cm³/mol. The number of rotatable bonds is 5. The maximum atomic E-state index is 8.47. The van der Waals surface area contributed by atoms with Crippen molar-refractivity contribution in [3.63, 3.8) is 0 Å². The van der Waals surface area contributed by atoms with Gasteiger partial charge in [0.25, 0.3) is 0 Å². The summed E-state index contributed by atoms with van der Waals surface area (Å²) in [6.07, 6.45) is 0. The molecule has 0 aromatic heterocycles. The second kappa shape index (κ2) is 8.59. The Morgan fingerprint density at radius 1 is 1.13 bits per heavy atom. The molecule has 8 heteroatoms. The largest absolute Gasteiger partial charge is 0.588 e. The molecule has 0 aromatic carbocycles. The van der Waals surface area contributed by atoms with Gasteiger partial charge in [-0.25, -0.2) is 0 Å². The van der Waals surface area contributed by atoms with Crippen LogP contribution >= 0.6 is 0 Å². The van der Waals surface area contributed by atoms with Crippen LogP contribution in [0, 0.1) is 21.9 Å². The maximum Gasteiger partial charge on any atom is 0.500 e. The van der Waals surface area contributed by atoms with Gasteiger partial charge >= 0.3 is 8.80 Å². The van der Waals surface area contributed by atoms with Gasteiger partial charge in [0, 0.05) is 27.4 Å². The fraction of sp³-hybridized carbons (Fsp3) is 1.00. The van der Waals surface area contributed by atoms with Crippen molar-refractivity contribution in [1.29, 1.82) is 5.53 Å². The zero-order chi connectivity index (χ0) is 12.5. The summed E-state index contributed by atoms with van der Waals surface area (Å²) in [6.45, 7) is 4.25. The van der Waals surface area contributed by atoms with Crippen molar-refractivity contribution in [2.45, 2.75) is 19.9 Å². The van der Waals surface area contributed by atoms with E-state index in [0.717, 1.165) is 6.04 Å². The molecule has 1 N–H and O–H groups in total. The molecule has 0 aliphatic rings. The number of nitrogens with zero attached hydrogens (tertiary/aromatic N) is 1. The van der Waals surface area contributed by atoms with Crippen LogP contribution in [0.4, 0.5) is 0 Å². The Hall–Kier alpha value is -0.703. The second-order valence-electron chi connectivity index (χ2n) is 3.15. The summed E-state index contributed by atoms with van der Waals surface area (Å²) in [5, 5.41) is 15.7. The smallest absolute Gasteiger partial charge is 0.500 e. The Morgan fingerprint density at radius 2 is 1.40 bits per heavy atom. The highest BCUT2D eigenvalue weighted by molar-refractivity contribution is 6.60. The first-order valence-electron chi connectivity index (χ1n) is 4.34. The first-order chi connectivity index (χ1) is 6.83. The van der Waals surface area contributed by atoms with Gasteiger partial charge in [0.1, 0.15) is 0 Å². The summed E-state index contributed by atoms with van der Waals surface area (Å²) in [6, 6.07) is 0.872. The van der Waals surface area contributed by atoms with Crippen molar-refractivity contribution in [3.05, 3.63) is 10.4 Å². The highest BCUT2D eigenvalue weighted by Gasteiger charge is 2.38. The van der Waals surface area contributed by atoms with Gasteiger partial charge in [-0.3, -0.25) is 0 Å². The van der Waals surface area contributed by atoms with Crippen LogP contribution in [0.3, 0.4) is 0 Å². The molecule has 0 saturated heterocycles. The minimum atomic E-state index is -2.28. The SMILES string of the molecule is CO[Si](CC(C)C)(OC)OC.N=[N+]([O-])[O-]. The predicted octanol–water partition coefficient (Wildman–Crippen LogP) is 1.55. The Morgan fingerprint density at radius 3 is 1.47 bits per heavy atom. The normalized spacial score (nSPS) is 10.8. The van der Waals surface area contributed by atoms with Crippen molar-refractivity contribution >= 4 is 8.80 Å². The van der Waals surface area contributed by atoms with Crippen molar-refractivity contribution < 1.29 is 18.3 Å². The lowest BCUT2D eigenvalue weighted by molar-refractivity contribution is -0.482. The van der Waals surface area contributed by atoms with E-state index in [1.54, 1.807) is 21.3 Å².